The summed E-state index contributed by atoms with van der Waals surface area (Å²) in [7, 11) is 1.59. The van der Waals surface area contributed by atoms with Crippen molar-refractivity contribution >= 4 is 23.6 Å². The van der Waals surface area contributed by atoms with E-state index >= 15 is 0 Å². The second kappa shape index (κ2) is 9.67. The Morgan fingerprint density at radius 1 is 1.12 bits per heavy atom. The van der Waals surface area contributed by atoms with Gasteiger partial charge in [-0.1, -0.05) is 64.8 Å². The van der Waals surface area contributed by atoms with Crippen LogP contribution in [0.4, 0.5) is 8.78 Å². The molecular weight excluding hydrogens is 542 g/mol. The molecule has 1 amide bonds. The van der Waals surface area contributed by atoms with Gasteiger partial charge in [0.05, 0.1) is 30.8 Å². The number of phenolic OH excluding ortho intramolecular Hbond substituents is 2. The molecule has 1 atom stereocenters. The van der Waals surface area contributed by atoms with Gasteiger partial charge in [-0.3, -0.25) is 4.79 Å². The van der Waals surface area contributed by atoms with Gasteiger partial charge in [-0.25, -0.2) is 8.78 Å². The molecule has 1 aliphatic heterocycles. The van der Waals surface area contributed by atoms with Gasteiger partial charge in [0.15, 0.2) is 11.5 Å². The van der Waals surface area contributed by atoms with Crippen LogP contribution in [0.1, 0.15) is 38.7 Å². The maximum absolute atomic E-state index is 13.7. The average Bonchev–Trinajstić information content (AvgIpc) is 3.50. The number of carbonyl (C=O) groups excluding carboxylic acids is 1. The number of alkyl halides is 2. The lowest BCUT2D eigenvalue weighted by Crippen LogP contribution is -2.58. The Morgan fingerprint density at radius 3 is 2.55 bits per heavy atom. The zero-order valence-corrected chi connectivity index (χ0v) is 22.0. The van der Waals surface area contributed by atoms with Crippen molar-refractivity contribution in [1.82, 2.24) is 10.1 Å². The van der Waals surface area contributed by atoms with Crippen LogP contribution >= 0.6 is 11.6 Å². The van der Waals surface area contributed by atoms with Crippen LogP contribution in [0.15, 0.2) is 70.8 Å². The number of ether oxygens (including phenoxy) is 1. The number of halogens is 3. The molecular formula is C30H23ClF2N2O5. The molecule has 2 aliphatic rings. The molecule has 3 aromatic carbocycles. The van der Waals surface area contributed by atoms with Crippen molar-refractivity contribution in [3.8, 4) is 28.6 Å². The van der Waals surface area contributed by atoms with E-state index in [4.69, 9.17) is 20.9 Å². The molecule has 1 unspecified atom stereocenters. The molecule has 40 heavy (non-hydrogen) atoms. The van der Waals surface area contributed by atoms with E-state index in [-0.39, 0.29) is 33.5 Å². The van der Waals surface area contributed by atoms with E-state index in [1.807, 2.05) is 54.6 Å². The SMILES string of the molecule is COc1ccc(CC2=Cc3ccccc3C2c2c(C(=O)N3CC(F)(F)C3)noc2-c2cc(Cl)c(O)cc2O)cc1. The van der Waals surface area contributed by atoms with Gasteiger partial charge in [-0.2, -0.15) is 0 Å². The molecule has 1 aromatic heterocycles. The summed E-state index contributed by atoms with van der Waals surface area (Å²) in [5, 5.41) is 24.7. The van der Waals surface area contributed by atoms with Gasteiger partial charge in [0.25, 0.3) is 11.8 Å². The van der Waals surface area contributed by atoms with Gasteiger partial charge < -0.3 is 24.4 Å². The molecule has 1 saturated heterocycles. The number of rotatable bonds is 6. The fourth-order valence-electron chi connectivity index (χ4n) is 5.31. The lowest BCUT2D eigenvalue weighted by atomic mass is 9.83. The smallest absolute Gasteiger partial charge is 0.282 e. The molecule has 2 heterocycles. The summed E-state index contributed by atoms with van der Waals surface area (Å²) in [6.07, 6.45) is 2.52. The third-order valence-electron chi connectivity index (χ3n) is 7.25. The van der Waals surface area contributed by atoms with Gasteiger partial charge in [0.2, 0.25) is 0 Å². The highest BCUT2D eigenvalue weighted by atomic mass is 35.5. The Morgan fingerprint density at radius 2 is 1.85 bits per heavy atom. The van der Waals surface area contributed by atoms with Crippen LogP contribution in [-0.2, 0) is 6.42 Å². The predicted octanol–water partition coefficient (Wildman–Crippen LogP) is 6.28. The maximum atomic E-state index is 13.7. The van der Waals surface area contributed by atoms with Crippen LogP contribution in [0.5, 0.6) is 17.2 Å². The van der Waals surface area contributed by atoms with Crippen LogP contribution in [-0.4, -0.2) is 52.3 Å². The van der Waals surface area contributed by atoms with Crippen LogP contribution in [0.2, 0.25) is 5.02 Å². The van der Waals surface area contributed by atoms with Crippen molar-refractivity contribution < 1.29 is 33.0 Å². The number of hydrogen-bond acceptors (Lipinski definition) is 6. The minimum Gasteiger partial charge on any atom is -0.507 e. The molecule has 4 aromatic rings. The van der Waals surface area contributed by atoms with Crippen molar-refractivity contribution in [2.75, 3.05) is 20.2 Å². The van der Waals surface area contributed by atoms with Crippen LogP contribution in [0, 0.1) is 0 Å². The Labute approximate surface area is 232 Å². The molecule has 0 bridgehead atoms. The van der Waals surface area contributed by atoms with Crippen molar-refractivity contribution in [2.24, 2.45) is 0 Å². The largest absolute Gasteiger partial charge is 0.507 e. The van der Waals surface area contributed by atoms with Gasteiger partial charge in [-0.15, -0.1) is 0 Å². The summed E-state index contributed by atoms with van der Waals surface area (Å²) in [4.78, 5) is 14.5. The highest BCUT2D eigenvalue weighted by Gasteiger charge is 2.48. The number of benzene rings is 3. The topological polar surface area (TPSA) is 96.0 Å². The van der Waals surface area contributed by atoms with Gasteiger partial charge >= 0.3 is 0 Å². The predicted molar refractivity (Wildman–Crippen MR) is 144 cm³/mol. The Kier molecular flexibility index (Phi) is 6.26. The fourth-order valence-corrected chi connectivity index (χ4v) is 5.48. The molecule has 7 nitrogen and oxygen atoms in total. The number of aromatic nitrogens is 1. The van der Waals surface area contributed by atoms with E-state index < -0.39 is 30.8 Å². The molecule has 6 rings (SSSR count). The van der Waals surface area contributed by atoms with E-state index in [0.29, 0.717) is 17.7 Å². The van der Waals surface area contributed by atoms with E-state index in [0.717, 1.165) is 33.2 Å². The second-order valence-electron chi connectivity index (χ2n) is 9.92. The van der Waals surface area contributed by atoms with Crippen molar-refractivity contribution in [3.05, 3.63) is 99.2 Å². The number of phenols is 2. The van der Waals surface area contributed by atoms with E-state index in [2.05, 4.69) is 5.16 Å². The fraction of sp³-hybridized carbons (Fsp3) is 0.200. The Bertz CT molecular complexity index is 1660. The van der Waals surface area contributed by atoms with Crippen molar-refractivity contribution in [3.63, 3.8) is 0 Å². The highest BCUT2D eigenvalue weighted by molar-refractivity contribution is 6.32. The summed E-state index contributed by atoms with van der Waals surface area (Å²) in [6.45, 7) is -1.45. The first kappa shape index (κ1) is 25.9. The van der Waals surface area contributed by atoms with Crippen molar-refractivity contribution in [1.29, 1.82) is 0 Å². The first-order valence-corrected chi connectivity index (χ1v) is 12.8. The normalized spacial score (nSPS) is 17.2. The zero-order chi connectivity index (χ0) is 28.2. The molecule has 0 saturated carbocycles. The molecule has 10 heteroatoms. The summed E-state index contributed by atoms with van der Waals surface area (Å²) < 4.78 is 38.4. The molecule has 1 fully saturated rings. The van der Waals surface area contributed by atoms with Gasteiger partial charge in [0.1, 0.15) is 17.2 Å². The molecule has 204 valence electrons. The third-order valence-corrected chi connectivity index (χ3v) is 7.55. The molecule has 0 radical (unpaired) electrons. The minimum absolute atomic E-state index is 0.0498. The lowest BCUT2D eigenvalue weighted by Gasteiger charge is -2.38. The summed E-state index contributed by atoms with van der Waals surface area (Å²) in [5.41, 5.74) is 3.97. The van der Waals surface area contributed by atoms with Crippen molar-refractivity contribution in [2.45, 2.75) is 18.3 Å². The highest BCUT2D eigenvalue weighted by Crippen LogP contribution is 2.49. The number of hydrogen-bond donors (Lipinski definition) is 2. The average molecular weight is 565 g/mol. The number of nitrogens with zero attached hydrogens (tertiary/aromatic N) is 2. The number of amides is 1. The van der Waals surface area contributed by atoms with Gasteiger partial charge in [0, 0.05) is 17.5 Å². The number of likely N-dealkylation sites (tertiary alicyclic amines) is 1. The number of allylic oxidation sites excluding steroid dienone is 1. The number of methoxy groups -OCH3 is 1. The third kappa shape index (κ3) is 4.46. The Hall–Kier alpha value is -4.37. The molecule has 0 spiro atoms. The zero-order valence-electron chi connectivity index (χ0n) is 21.2. The standard InChI is InChI=1S/C30H23ClF2N2O5/c1-39-19-8-6-16(7-9-19)10-18-11-17-4-2-3-5-20(17)25(18)26-27(29(38)35-14-30(32,33)15-35)34-40-28(26)21-12-22(31)24(37)13-23(21)36/h2-9,11-13,25,36-37H,10,14-15H2,1H3. The Balaban J connectivity index is 1.52. The van der Waals surface area contributed by atoms with E-state index in [1.165, 1.54) is 6.07 Å². The summed E-state index contributed by atoms with van der Waals surface area (Å²) in [5.74, 6) is -4.14. The van der Waals surface area contributed by atoms with E-state index in [1.54, 1.807) is 7.11 Å². The maximum Gasteiger partial charge on any atom is 0.282 e. The first-order valence-electron chi connectivity index (χ1n) is 12.5. The molecule has 2 N–H and O–H groups in total. The summed E-state index contributed by atoms with van der Waals surface area (Å²) >= 11 is 6.17. The lowest BCUT2D eigenvalue weighted by molar-refractivity contribution is -0.113. The monoisotopic (exact) mass is 564 g/mol. The van der Waals surface area contributed by atoms with Gasteiger partial charge in [-0.05, 0) is 41.3 Å². The minimum atomic E-state index is -2.97. The first-order chi connectivity index (χ1) is 19.1. The summed E-state index contributed by atoms with van der Waals surface area (Å²) in [6, 6.07) is 17.6. The quantitative estimate of drug-likeness (QED) is 0.286. The van der Waals surface area contributed by atoms with Crippen LogP contribution in [0.3, 0.4) is 0 Å². The molecule has 1 aliphatic carbocycles. The number of fused-ring (bicyclic) bond motifs is 1. The second-order valence-corrected chi connectivity index (χ2v) is 10.3. The number of carbonyl (C=O) groups is 1. The van der Waals surface area contributed by atoms with Crippen LogP contribution < -0.4 is 4.74 Å². The number of aromatic hydroxyl groups is 2. The van der Waals surface area contributed by atoms with Crippen LogP contribution in [0.25, 0.3) is 17.4 Å². The van der Waals surface area contributed by atoms with E-state index in [9.17, 15) is 23.8 Å².